The van der Waals surface area contributed by atoms with Crippen LogP contribution in [0.3, 0.4) is 0 Å². The zero-order valence-electron chi connectivity index (χ0n) is 13.9. The molecule has 0 aliphatic carbocycles. The SMILES string of the molecule is CN1CCC(N(C)C(=O)c2ccc(OC3CCSC3)nc2)CC1. The Bertz CT molecular complexity index is 523. The zero-order valence-corrected chi connectivity index (χ0v) is 14.7. The van der Waals surface area contributed by atoms with E-state index in [-0.39, 0.29) is 12.0 Å². The summed E-state index contributed by atoms with van der Waals surface area (Å²) in [7, 11) is 4.03. The predicted octanol–water partition coefficient (Wildman–Crippen LogP) is 2.13. The molecule has 3 heterocycles. The van der Waals surface area contributed by atoms with Crippen LogP contribution in [0.5, 0.6) is 5.88 Å². The van der Waals surface area contributed by atoms with Gasteiger partial charge in [-0.05, 0) is 51.2 Å². The van der Waals surface area contributed by atoms with Gasteiger partial charge in [-0.25, -0.2) is 4.98 Å². The second-order valence-corrected chi connectivity index (χ2v) is 7.59. The van der Waals surface area contributed by atoms with Gasteiger partial charge < -0.3 is 14.5 Å². The van der Waals surface area contributed by atoms with Crippen LogP contribution >= 0.6 is 11.8 Å². The number of hydrogen-bond donors (Lipinski definition) is 0. The van der Waals surface area contributed by atoms with Crippen molar-refractivity contribution in [2.45, 2.75) is 31.4 Å². The number of hydrogen-bond acceptors (Lipinski definition) is 5. The first-order valence-corrected chi connectivity index (χ1v) is 9.45. The molecule has 1 unspecified atom stereocenters. The van der Waals surface area contributed by atoms with Gasteiger partial charge in [0.15, 0.2) is 0 Å². The predicted molar refractivity (Wildman–Crippen MR) is 93.2 cm³/mol. The molecule has 0 saturated carbocycles. The van der Waals surface area contributed by atoms with E-state index in [0.717, 1.165) is 43.9 Å². The highest BCUT2D eigenvalue weighted by Crippen LogP contribution is 2.22. The minimum absolute atomic E-state index is 0.0509. The van der Waals surface area contributed by atoms with Gasteiger partial charge in [-0.15, -0.1) is 0 Å². The number of aromatic nitrogens is 1. The number of piperidine rings is 1. The van der Waals surface area contributed by atoms with E-state index in [1.54, 1.807) is 6.20 Å². The highest BCUT2D eigenvalue weighted by Gasteiger charge is 2.25. The number of carbonyl (C=O) groups is 1. The van der Waals surface area contributed by atoms with Crippen molar-refractivity contribution in [2.75, 3.05) is 38.7 Å². The molecule has 23 heavy (non-hydrogen) atoms. The number of carbonyl (C=O) groups excluding carboxylic acids is 1. The minimum atomic E-state index is 0.0509. The lowest BCUT2D eigenvalue weighted by Crippen LogP contribution is -2.44. The summed E-state index contributed by atoms with van der Waals surface area (Å²) in [5, 5.41) is 0. The van der Waals surface area contributed by atoms with Gasteiger partial charge in [-0.1, -0.05) is 0 Å². The molecule has 0 spiro atoms. The minimum Gasteiger partial charge on any atom is -0.473 e. The summed E-state index contributed by atoms with van der Waals surface area (Å²) in [6, 6.07) is 3.97. The van der Waals surface area contributed by atoms with Gasteiger partial charge in [0, 0.05) is 31.1 Å². The molecule has 1 aromatic heterocycles. The van der Waals surface area contributed by atoms with Gasteiger partial charge in [0.2, 0.25) is 5.88 Å². The van der Waals surface area contributed by atoms with E-state index >= 15 is 0 Å². The third-order valence-corrected chi connectivity index (χ3v) is 5.85. The third kappa shape index (κ3) is 4.18. The maximum absolute atomic E-state index is 12.6. The molecule has 126 valence electrons. The summed E-state index contributed by atoms with van der Waals surface area (Å²) in [5.41, 5.74) is 0.638. The van der Waals surface area contributed by atoms with Crippen LogP contribution in [0.4, 0.5) is 0 Å². The van der Waals surface area contributed by atoms with E-state index < -0.39 is 0 Å². The smallest absolute Gasteiger partial charge is 0.255 e. The average molecular weight is 335 g/mol. The number of nitrogens with zero attached hydrogens (tertiary/aromatic N) is 3. The van der Waals surface area contributed by atoms with Gasteiger partial charge in [-0.2, -0.15) is 11.8 Å². The van der Waals surface area contributed by atoms with Crippen LogP contribution < -0.4 is 4.74 Å². The van der Waals surface area contributed by atoms with Crippen LogP contribution in [-0.2, 0) is 0 Å². The number of likely N-dealkylation sites (tertiary alicyclic amines) is 1. The van der Waals surface area contributed by atoms with Gasteiger partial charge >= 0.3 is 0 Å². The lowest BCUT2D eigenvalue weighted by atomic mass is 10.0. The van der Waals surface area contributed by atoms with E-state index in [9.17, 15) is 4.79 Å². The van der Waals surface area contributed by atoms with E-state index in [1.165, 1.54) is 0 Å². The lowest BCUT2D eigenvalue weighted by Gasteiger charge is -2.35. The summed E-state index contributed by atoms with van der Waals surface area (Å²) >= 11 is 1.91. The second-order valence-electron chi connectivity index (χ2n) is 6.44. The van der Waals surface area contributed by atoms with Crippen molar-refractivity contribution in [1.82, 2.24) is 14.8 Å². The van der Waals surface area contributed by atoms with Crippen LogP contribution in [0.1, 0.15) is 29.6 Å². The molecule has 2 aliphatic rings. The summed E-state index contributed by atoms with van der Waals surface area (Å²) < 4.78 is 5.84. The number of ether oxygens (including phenoxy) is 1. The largest absolute Gasteiger partial charge is 0.473 e. The molecule has 1 amide bonds. The molecular formula is C17H25N3O2S. The van der Waals surface area contributed by atoms with Crippen LogP contribution in [0.2, 0.25) is 0 Å². The van der Waals surface area contributed by atoms with Gasteiger partial charge in [-0.3, -0.25) is 4.79 Å². The van der Waals surface area contributed by atoms with Gasteiger partial charge in [0.05, 0.1) is 5.56 Å². The first kappa shape index (κ1) is 16.6. The van der Waals surface area contributed by atoms with Crippen molar-refractivity contribution >= 4 is 17.7 Å². The highest BCUT2D eigenvalue weighted by atomic mass is 32.2. The average Bonchev–Trinajstić information content (AvgIpc) is 3.08. The number of rotatable bonds is 4. The Kier molecular flexibility index (Phi) is 5.43. The second kappa shape index (κ2) is 7.53. The zero-order chi connectivity index (χ0) is 16.2. The van der Waals surface area contributed by atoms with Crippen molar-refractivity contribution in [1.29, 1.82) is 0 Å². The van der Waals surface area contributed by atoms with Gasteiger partial charge in [0.1, 0.15) is 6.10 Å². The summed E-state index contributed by atoms with van der Waals surface area (Å²) in [6.07, 6.45) is 5.05. The Labute approximate surface area is 142 Å². The molecule has 1 aromatic rings. The standard InChI is InChI=1S/C17H25N3O2S/c1-19-8-5-14(6-9-19)20(2)17(21)13-3-4-16(18-11-13)22-15-7-10-23-12-15/h3-4,11,14-15H,5-10,12H2,1-2H3. The normalized spacial score (nSPS) is 23.0. The summed E-state index contributed by atoms with van der Waals surface area (Å²) in [4.78, 5) is 21.1. The maximum Gasteiger partial charge on any atom is 0.255 e. The molecular weight excluding hydrogens is 310 g/mol. The number of amides is 1. The van der Waals surface area contributed by atoms with Crippen molar-refractivity contribution < 1.29 is 9.53 Å². The highest BCUT2D eigenvalue weighted by molar-refractivity contribution is 7.99. The van der Waals surface area contributed by atoms with Crippen LogP contribution in [0.15, 0.2) is 18.3 Å². The van der Waals surface area contributed by atoms with E-state index in [0.29, 0.717) is 17.5 Å². The molecule has 2 fully saturated rings. The van der Waals surface area contributed by atoms with Gasteiger partial charge in [0.25, 0.3) is 5.91 Å². The fraction of sp³-hybridized carbons (Fsp3) is 0.647. The molecule has 0 N–H and O–H groups in total. The van der Waals surface area contributed by atoms with E-state index in [4.69, 9.17) is 4.74 Å². The van der Waals surface area contributed by atoms with Crippen molar-refractivity contribution in [3.05, 3.63) is 23.9 Å². The molecule has 2 aliphatic heterocycles. The molecule has 1 atom stereocenters. The topological polar surface area (TPSA) is 45.7 Å². The Morgan fingerprint density at radius 2 is 2.13 bits per heavy atom. The summed E-state index contributed by atoms with van der Waals surface area (Å²) in [5.74, 6) is 2.86. The van der Waals surface area contributed by atoms with Crippen molar-refractivity contribution in [2.24, 2.45) is 0 Å². The molecule has 3 rings (SSSR count). The Morgan fingerprint density at radius 3 is 2.74 bits per heavy atom. The lowest BCUT2D eigenvalue weighted by molar-refractivity contribution is 0.0659. The molecule has 0 radical (unpaired) electrons. The van der Waals surface area contributed by atoms with Crippen LogP contribution in [-0.4, -0.2) is 71.5 Å². The first-order valence-electron chi connectivity index (χ1n) is 8.29. The number of pyridine rings is 1. The monoisotopic (exact) mass is 335 g/mol. The van der Waals surface area contributed by atoms with E-state index in [2.05, 4.69) is 16.9 Å². The fourth-order valence-electron chi connectivity index (χ4n) is 3.10. The maximum atomic E-state index is 12.6. The first-order chi connectivity index (χ1) is 11.1. The van der Waals surface area contributed by atoms with Crippen LogP contribution in [0, 0.1) is 0 Å². The Balaban J connectivity index is 1.58. The number of thioether (sulfide) groups is 1. The van der Waals surface area contributed by atoms with Crippen molar-refractivity contribution in [3.63, 3.8) is 0 Å². The quantitative estimate of drug-likeness (QED) is 0.843. The molecule has 2 saturated heterocycles. The molecule has 0 aromatic carbocycles. The molecule has 5 nitrogen and oxygen atoms in total. The van der Waals surface area contributed by atoms with Crippen LogP contribution in [0.25, 0.3) is 0 Å². The fourth-order valence-corrected chi connectivity index (χ4v) is 4.20. The molecule has 6 heteroatoms. The van der Waals surface area contributed by atoms with E-state index in [1.807, 2.05) is 35.8 Å². The third-order valence-electron chi connectivity index (χ3n) is 4.71. The van der Waals surface area contributed by atoms with Crippen molar-refractivity contribution in [3.8, 4) is 5.88 Å². The Hall–Kier alpha value is -1.27. The Morgan fingerprint density at radius 1 is 1.35 bits per heavy atom. The molecule has 0 bridgehead atoms. The summed E-state index contributed by atoms with van der Waals surface area (Å²) in [6.45, 7) is 2.10.